The molecule has 3 fully saturated rings. The predicted molar refractivity (Wildman–Crippen MR) is 127 cm³/mol. The monoisotopic (exact) mass is 481 g/mol. The molecule has 6 rings (SSSR count). The van der Waals surface area contributed by atoms with Crippen LogP contribution in [0.3, 0.4) is 0 Å². The van der Waals surface area contributed by atoms with Gasteiger partial charge in [-0.25, -0.2) is 12.8 Å². The summed E-state index contributed by atoms with van der Waals surface area (Å²) < 4.78 is 45.7. The van der Waals surface area contributed by atoms with Crippen molar-refractivity contribution in [3.8, 4) is 0 Å². The minimum Gasteiger partial charge on any atom is -0.371 e. The summed E-state index contributed by atoms with van der Waals surface area (Å²) in [5, 5.41) is 7.21. The van der Waals surface area contributed by atoms with Crippen LogP contribution in [0.4, 0.5) is 10.1 Å². The van der Waals surface area contributed by atoms with Gasteiger partial charge in [0.2, 0.25) is 10.0 Å². The molecule has 2 aromatic carbocycles. The molecule has 9 heteroatoms. The van der Waals surface area contributed by atoms with Gasteiger partial charge in [0, 0.05) is 54.8 Å². The van der Waals surface area contributed by atoms with E-state index in [1.54, 1.807) is 24.8 Å². The van der Waals surface area contributed by atoms with Crippen LogP contribution in [0.15, 0.2) is 61.2 Å². The van der Waals surface area contributed by atoms with Crippen molar-refractivity contribution < 1.29 is 12.8 Å². The molecular weight excluding hydrogens is 453 g/mol. The standard InChI is InChI=1S/C25H28FN5O2S/c1-17-7-10-24(18-5-3-2-4-6-18)34(32,33)31(17)12-19-8-9-20(11-23(19)26)29-13-21-22(14-29)25(21)30-15-27-28-16-30/h2-6,8-9,11,15-17,21-22,24-25H,7,10,12-14H2,1H3/t17-,21-,22+,24?,25?/m0/s1. The van der Waals surface area contributed by atoms with Crippen LogP contribution in [0.25, 0.3) is 0 Å². The highest BCUT2D eigenvalue weighted by atomic mass is 32.2. The zero-order valence-corrected chi connectivity index (χ0v) is 19.9. The molecule has 0 radical (unpaired) electrons. The Labute approximate surface area is 199 Å². The van der Waals surface area contributed by atoms with Gasteiger partial charge in [-0.3, -0.25) is 0 Å². The first-order chi connectivity index (χ1) is 16.4. The van der Waals surface area contributed by atoms with Gasteiger partial charge >= 0.3 is 0 Å². The molecule has 2 aliphatic heterocycles. The number of piperidine rings is 1. The molecule has 0 spiro atoms. The van der Waals surface area contributed by atoms with E-state index in [4.69, 9.17) is 0 Å². The van der Waals surface area contributed by atoms with Crippen LogP contribution in [0.1, 0.15) is 42.2 Å². The summed E-state index contributed by atoms with van der Waals surface area (Å²) in [7, 11) is -3.59. The molecule has 3 heterocycles. The topological polar surface area (TPSA) is 71.3 Å². The molecule has 1 aliphatic carbocycles. The number of aromatic nitrogens is 3. The Hall–Kier alpha value is -2.78. The number of hydrogen-bond acceptors (Lipinski definition) is 5. The van der Waals surface area contributed by atoms with Crippen LogP contribution >= 0.6 is 0 Å². The third kappa shape index (κ3) is 3.62. The number of fused-ring (bicyclic) bond motifs is 1. The lowest BCUT2D eigenvalue weighted by Gasteiger charge is -2.37. The molecule has 178 valence electrons. The highest BCUT2D eigenvalue weighted by Crippen LogP contribution is 2.55. The second-order valence-corrected chi connectivity index (χ2v) is 11.9. The lowest BCUT2D eigenvalue weighted by molar-refractivity contribution is 0.279. The molecule has 1 saturated carbocycles. The second-order valence-electron chi connectivity index (χ2n) is 9.82. The molecule has 3 aromatic rings. The summed E-state index contributed by atoms with van der Waals surface area (Å²) in [5.74, 6) is 0.721. The van der Waals surface area contributed by atoms with Gasteiger partial charge in [0.1, 0.15) is 23.7 Å². The van der Waals surface area contributed by atoms with E-state index in [0.717, 1.165) is 30.8 Å². The van der Waals surface area contributed by atoms with Gasteiger partial charge in [-0.2, -0.15) is 4.31 Å². The summed E-state index contributed by atoms with van der Waals surface area (Å²) in [5.41, 5.74) is 2.07. The molecule has 0 N–H and O–H groups in total. The van der Waals surface area contributed by atoms with Gasteiger partial charge < -0.3 is 9.47 Å². The zero-order chi connectivity index (χ0) is 23.4. The number of rotatable bonds is 5. The summed E-state index contributed by atoms with van der Waals surface area (Å²) in [4.78, 5) is 2.22. The van der Waals surface area contributed by atoms with Crippen molar-refractivity contribution in [1.82, 2.24) is 19.1 Å². The van der Waals surface area contributed by atoms with E-state index >= 15 is 4.39 Å². The zero-order valence-electron chi connectivity index (χ0n) is 19.0. The van der Waals surface area contributed by atoms with Crippen molar-refractivity contribution in [2.45, 2.75) is 43.6 Å². The summed E-state index contributed by atoms with van der Waals surface area (Å²) >= 11 is 0. The number of anilines is 1. The van der Waals surface area contributed by atoms with Crippen molar-refractivity contribution in [2.24, 2.45) is 11.8 Å². The lowest BCUT2D eigenvalue weighted by Crippen LogP contribution is -2.44. The SMILES string of the molecule is C[C@H]1CCC(c2ccccc2)S(=O)(=O)N1Cc1ccc(N2C[C@@H]3C(n4cnnc4)[C@@H]3C2)cc1F. The molecular formula is C25H28FN5O2S. The largest absolute Gasteiger partial charge is 0.371 e. The fourth-order valence-electron chi connectivity index (χ4n) is 5.89. The van der Waals surface area contributed by atoms with Gasteiger partial charge in [-0.05, 0) is 37.5 Å². The maximum Gasteiger partial charge on any atom is 0.221 e. The number of nitrogens with zero attached hydrogens (tertiary/aromatic N) is 5. The van der Waals surface area contributed by atoms with Crippen molar-refractivity contribution in [1.29, 1.82) is 0 Å². The summed E-state index contributed by atoms with van der Waals surface area (Å²) in [6.07, 6.45) is 4.86. The molecule has 0 amide bonds. The highest BCUT2D eigenvalue weighted by Gasteiger charge is 2.57. The van der Waals surface area contributed by atoms with E-state index < -0.39 is 15.3 Å². The number of benzene rings is 2. The van der Waals surface area contributed by atoms with Gasteiger partial charge in [0.15, 0.2) is 0 Å². The van der Waals surface area contributed by atoms with Crippen molar-refractivity contribution in [2.75, 3.05) is 18.0 Å². The first-order valence-corrected chi connectivity index (χ1v) is 13.4. The maximum atomic E-state index is 15.2. The first-order valence-electron chi connectivity index (χ1n) is 11.9. The fraction of sp³-hybridized carbons (Fsp3) is 0.440. The highest BCUT2D eigenvalue weighted by molar-refractivity contribution is 7.89. The van der Waals surface area contributed by atoms with Crippen molar-refractivity contribution in [3.05, 3.63) is 78.1 Å². The van der Waals surface area contributed by atoms with Crippen LogP contribution in [-0.2, 0) is 16.6 Å². The normalized spacial score (nSPS) is 30.3. The summed E-state index contributed by atoms with van der Waals surface area (Å²) in [6.45, 7) is 3.72. The minimum absolute atomic E-state index is 0.0555. The second kappa shape index (κ2) is 8.16. The molecule has 2 unspecified atom stereocenters. The maximum absolute atomic E-state index is 15.2. The first kappa shape index (κ1) is 21.7. The van der Waals surface area contributed by atoms with Crippen molar-refractivity contribution >= 4 is 15.7 Å². The average molecular weight is 482 g/mol. The van der Waals surface area contributed by atoms with Crippen LogP contribution < -0.4 is 4.90 Å². The Morgan fingerprint density at radius 1 is 1.00 bits per heavy atom. The minimum atomic E-state index is -3.59. The summed E-state index contributed by atoms with van der Waals surface area (Å²) in [6, 6.07) is 14.8. The third-order valence-corrected chi connectivity index (χ3v) is 10.2. The molecule has 0 bridgehead atoms. The van der Waals surface area contributed by atoms with E-state index in [0.29, 0.717) is 29.9 Å². The average Bonchev–Trinajstić information content (AvgIpc) is 3.20. The van der Waals surface area contributed by atoms with Crippen molar-refractivity contribution in [3.63, 3.8) is 0 Å². The van der Waals surface area contributed by atoms with Gasteiger partial charge in [-0.1, -0.05) is 36.4 Å². The number of sulfonamides is 1. The van der Waals surface area contributed by atoms with Crippen LogP contribution in [0, 0.1) is 17.7 Å². The van der Waals surface area contributed by atoms with Gasteiger partial charge in [-0.15, -0.1) is 10.2 Å². The third-order valence-electron chi connectivity index (χ3n) is 7.85. The quantitative estimate of drug-likeness (QED) is 0.555. The fourth-order valence-corrected chi connectivity index (χ4v) is 8.08. The Kier molecular flexibility index (Phi) is 5.22. The van der Waals surface area contributed by atoms with E-state index in [2.05, 4.69) is 19.7 Å². The van der Waals surface area contributed by atoms with E-state index in [9.17, 15) is 8.42 Å². The Bertz CT molecular complexity index is 1270. The lowest BCUT2D eigenvalue weighted by atomic mass is 10.0. The van der Waals surface area contributed by atoms with Crippen LogP contribution in [0.5, 0.6) is 0 Å². The van der Waals surface area contributed by atoms with E-state index in [-0.39, 0.29) is 18.4 Å². The van der Waals surface area contributed by atoms with Gasteiger partial charge in [0.05, 0.1) is 0 Å². The number of halogens is 1. The number of hydrogen-bond donors (Lipinski definition) is 0. The molecule has 2 saturated heterocycles. The van der Waals surface area contributed by atoms with E-state index in [1.165, 1.54) is 4.31 Å². The molecule has 34 heavy (non-hydrogen) atoms. The van der Waals surface area contributed by atoms with Crippen LogP contribution in [0.2, 0.25) is 0 Å². The Morgan fingerprint density at radius 3 is 2.38 bits per heavy atom. The molecule has 5 atom stereocenters. The molecule has 1 aromatic heterocycles. The predicted octanol–water partition coefficient (Wildman–Crippen LogP) is 3.78. The molecule has 7 nitrogen and oxygen atoms in total. The van der Waals surface area contributed by atoms with Gasteiger partial charge in [0.25, 0.3) is 0 Å². The van der Waals surface area contributed by atoms with E-state index in [1.807, 2.05) is 43.3 Å². The molecule has 3 aliphatic rings. The Balaban J connectivity index is 1.17. The smallest absolute Gasteiger partial charge is 0.221 e. The Morgan fingerprint density at radius 2 is 1.71 bits per heavy atom. The van der Waals surface area contributed by atoms with Crippen LogP contribution in [-0.4, -0.2) is 46.6 Å².